The summed E-state index contributed by atoms with van der Waals surface area (Å²) in [6.45, 7) is 1.61. The van der Waals surface area contributed by atoms with Gasteiger partial charge in [-0.05, 0) is 31.2 Å². The number of methoxy groups -OCH3 is 2. The van der Waals surface area contributed by atoms with E-state index in [9.17, 15) is 4.79 Å². The Morgan fingerprint density at radius 2 is 1.84 bits per heavy atom. The molecular weight excluding hydrogens is 367 g/mol. The molecule has 2 rings (SSSR count). The summed E-state index contributed by atoms with van der Waals surface area (Å²) in [5, 5.41) is 0.805. The first-order valence-corrected chi connectivity index (χ1v) is 8.20. The van der Waals surface area contributed by atoms with Crippen molar-refractivity contribution in [3.63, 3.8) is 0 Å². The molecule has 2 aromatic carbocycles. The molecule has 0 aliphatic heterocycles. The number of hydrogen-bond acceptors (Lipinski definition) is 5. The highest BCUT2D eigenvalue weighted by Gasteiger charge is 2.19. The van der Waals surface area contributed by atoms with Crippen LogP contribution in [0.3, 0.4) is 0 Å². The average molecular weight is 385 g/mol. The van der Waals surface area contributed by atoms with Gasteiger partial charge in [0.1, 0.15) is 12.4 Å². The minimum Gasteiger partial charge on any atom is -0.493 e. The van der Waals surface area contributed by atoms with Crippen LogP contribution in [0.5, 0.6) is 17.2 Å². The summed E-state index contributed by atoms with van der Waals surface area (Å²) >= 11 is 11.9. The van der Waals surface area contributed by atoms with E-state index in [0.29, 0.717) is 32.9 Å². The third-order valence-corrected chi connectivity index (χ3v) is 3.91. The van der Waals surface area contributed by atoms with Crippen molar-refractivity contribution >= 4 is 29.2 Å². The molecule has 25 heavy (non-hydrogen) atoms. The number of hydrogen-bond donors (Lipinski definition) is 0. The number of esters is 1. The number of para-hydroxylation sites is 1. The summed E-state index contributed by atoms with van der Waals surface area (Å²) in [6, 6.07) is 10.1. The van der Waals surface area contributed by atoms with Gasteiger partial charge < -0.3 is 18.9 Å². The number of halogens is 2. The number of benzene rings is 2. The van der Waals surface area contributed by atoms with Crippen molar-refractivity contribution in [1.29, 1.82) is 0 Å². The molecule has 2 aromatic rings. The van der Waals surface area contributed by atoms with Crippen molar-refractivity contribution in [3.05, 3.63) is 52.0 Å². The van der Waals surface area contributed by atoms with E-state index in [-0.39, 0.29) is 6.61 Å². The molecule has 0 saturated carbocycles. The molecule has 5 nitrogen and oxygen atoms in total. The second-order valence-electron chi connectivity index (χ2n) is 5.10. The zero-order valence-electron chi connectivity index (χ0n) is 14.0. The van der Waals surface area contributed by atoms with Gasteiger partial charge in [0.05, 0.1) is 19.2 Å². The fraction of sp³-hybridized carbons (Fsp3) is 0.278. The second-order valence-corrected chi connectivity index (χ2v) is 5.94. The predicted octanol–water partition coefficient (Wildman–Crippen LogP) is 4.52. The Bertz CT molecular complexity index is 748. The van der Waals surface area contributed by atoms with Crippen molar-refractivity contribution in [2.45, 2.75) is 19.6 Å². The maximum Gasteiger partial charge on any atom is 0.347 e. The fourth-order valence-corrected chi connectivity index (χ4v) is 2.60. The molecule has 0 unspecified atom stereocenters. The highest BCUT2D eigenvalue weighted by molar-refractivity contribution is 6.35. The number of rotatable bonds is 7. The lowest BCUT2D eigenvalue weighted by Gasteiger charge is -2.16. The number of carbonyl (C=O) groups excluding carboxylic acids is 1. The molecule has 0 fully saturated rings. The van der Waals surface area contributed by atoms with Gasteiger partial charge in [0, 0.05) is 10.6 Å². The third kappa shape index (κ3) is 4.94. The summed E-state index contributed by atoms with van der Waals surface area (Å²) in [5.41, 5.74) is 0.687. The molecule has 0 bridgehead atoms. The maximum absolute atomic E-state index is 12.2. The molecule has 0 N–H and O–H groups in total. The Labute approximate surface area is 156 Å². The molecule has 134 valence electrons. The van der Waals surface area contributed by atoms with Crippen LogP contribution < -0.4 is 14.2 Å². The van der Waals surface area contributed by atoms with Crippen molar-refractivity contribution in [2.75, 3.05) is 14.2 Å². The minimum absolute atomic E-state index is 0.0290. The number of carbonyl (C=O) groups is 1. The Kier molecular flexibility index (Phi) is 6.79. The molecule has 0 amide bonds. The van der Waals surface area contributed by atoms with E-state index in [2.05, 4.69) is 0 Å². The topological polar surface area (TPSA) is 54.0 Å². The summed E-state index contributed by atoms with van der Waals surface area (Å²) in [7, 11) is 3.07. The highest BCUT2D eigenvalue weighted by Crippen LogP contribution is 2.31. The van der Waals surface area contributed by atoms with E-state index in [4.69, 9.17) is 42.1 Å². The lowest BCUT2D eigenvalue weighted by molar-refractivity contribution is -0.152. The Morgan fingerprint density at radius 3 is 2.48 bits per heavy atom. The van der Waals surface area contributed by atoms with Crippen LogP contribution in [0.25, 0.3) is 0 Å². The quantitative estimate of drug-likeness (QED) is 0.656. The first-order valence-electron chi connectivity index (χ1n) is 7.44. The van der Waals surface area contributed by atoms with Crippen molar-refractivity contribution in [2.24, 2.45) is 0 Å². The monoisotopic (exact) mass is 384 g/mol. The SMILES string of the molecule is COc1cccc(COC(=O)[C@@H](C)Oc2ccc(Cl)cc2Cl)c1OC. The van der Waals surface area contributed by atoms with E-state index in [1.54, 1.807) is 44.4 Å². The fourth-order valence-electron chi connectivity index (χ4n) is 2.14. The van der Waals surface area contributed by atoms with Gasteiger partial charge in [-0.3, -0.25) is 0 Å². The standard InChI is InChI=1S/C18H18Cl2O5/c1-11(25-15-8-7-13(19)9-14(15)20)18(21)24-10-12-5-4-6-16(22-2)17(12)23-3/h4-9,11H,10H2,1-3H3/t11-/m1/s1. The van der Waals surface area contributed by atoms with Crippen LogP contribution in [0, 0.1) is 0 Å². The Hall–Kier alpha value is -2.11. The van der Waals surface area contributed by atoms with Gasteiger partial charge in [0.2, 0.25) is 0 Å². The van der Waals surface area contributed by atoms with Gasteiger partial charge in [-0.1, -0.05) is 35.3 Å². The van der Waals surface area contributed by atoms with Crippen LogP contribution in [-0.4, -0.2) is 26.3 Å². The molecule has 7 heteroatoms. The van der Waals surface area contributed by atoms with Crippen LogP contribution >= 0.6 is 23.2 Å². The van der Waals surface area contributed by atoms with E-state index in [1.807, 2.05) is 0 Å². The summed E-state index contributed by atoms with van der Waals surface area (Å²) in [6.07, 6.45) is -0.838. The Morgan fingerprint density at radius 1 is 1.08 bits per heavy atom. The maximum atomic E-state index is 12.2. The largest absolute Gasteiger partial charge is 0.493 e. The third-order valence-electron chi connectivity index (χ3n) is 3.38. The smallest absolute Gasteiger partial charge is 0.347 e. The molecule has 0 aliphatic rings. The first-order chi connectivity index (χ1) is 12.0. The zero-order chi connectivity index (χ0) is 18.4. The lowest BCUT2D eigenvalue weighted by atomic mass is 10.2. The molecule has 0 saturated heterocycles. The molecule has 0 aromatic heterocycles. The first kappa shape index (κ1) is 19.2. The van der Waals surface area contributed by atoms with Gasteiger partial charge in [0.15, 0.2) is 17.6 Å². The molecule has 0 radical (unpaired) electrons. The molecule has 0 aliphatic carbocycles. The van der Waals surface area contributed by atoms with Crippen molar-refractivity contribution in [1.82, 2.24) is 0 Å². The molecule has 1 atom stereocenters. The second kappa shape index (κ2) is 8.83. The van der Waals surface area contributed by atoms with E-state index in [1.165, 1.54) is 13.2 Å². The molecular formula is C18H18Cl2O5. The Balaban J connectivity index is 2.00. The van der Waals surface area contributed by atoms with Crippen LogP contribution in [0.4, 0.5) is 0 Å². The van der Waals surface area contributed by atoms with E-state index in [0.717, 1.165) is 0 Å². The van der Waals surface area contributed by atoms with Gasteiger partial charge in [-0.2, -0.15) is 0 Å². The van der Waals surface area contributed by atoms with Gasteiger partial charge in [0.25, 0.3) is 0 Å². The van der Waals surface area contributed by atoms with E-state index >= 15 is 0 Å². The molecule has 0 heterocycles. The van der Waals surface area contributed by atoms with Crippen LogP contribution in [0.15, 0.2) is 36.4 Å². The van der Waals surface area contributed by atoms with Crippen LogP contribution in [0.1, 0.15) is 12.5 Å². The van der Waals surface area contributed by atoms with Gasteiger partial charge in [-0.25, -0.2) is 4.79 Å². The van der Waals surface area contributed by atoms with Crippen molar-refractivity contribution in [3.8, 4) is 17.2 Å². The minimum atomic E-state index is -0.838. The average Bonchev–Trinajstić information content (AvgIpc) is 2.61. The van der Waals surface area contributed by atoms with E-state index < -0.39 is 12.1 Å². The normalized spacial score (nSPS) is 11.6. The predicted molar refractivity (Wildman–Crippen MR) is 95.9 cm³/mol. The summed E-state index contributed by atoms with van der Waals surface area (Å²) in [4.78, 5) is 12.2. The zero-order valence-corrected chi connectivity index (χ0v) is 15.6. The number of ether oxygens (including phenoxy) is 4. The van der Waals surface area contributed by atoms with Crippen molar-refractivity contribution < 1.29 is 23.7 Å². The van der Waals surface area contributed by atoms with Crippen LogP contribution in [0.2, 0.25) is 10.0 Å². The van der Waals surface area contributed by atoms with Gasteiger partial charge in [-0.15, -0.1) is 0 Å². The summed E-state index contributed by atoms with van der Waals surface area (Å²) < 4.78 is 21.4. The summed E-state index contributed by atoms with van der Waals surface area (Å²) in [5.74, 6) is 0.908. The lowest BCUT2D eigenvalue weighted by Crippen LogP contribution is -2.26. The highest BCUT2D eigenvalue weighted by atomic mass is 35.5. The molecule has 0 spiro atoms. The van der Waals surface area contributed by atoms with Crippen LogP contribution in [-0.2, 0) is 16.1 Å². The van der Waals surface area contributed by atoms with Gasteiger partial charge >= 0.3 is 5.97 Å².